The van der Waals surface area contributed by atoms with Crippen LogP contribution in [0.25, 0.3) is 0 Å². The summed E-state index contributed by atoms with van der Waals surface area (Å²) in [7, 11) is 0. The summed E-state index contributed by atoms with van der Waals surface area (Å²) in [6.07, 6.45) is 0.925. The third-order valence-corrected chi connectivity index (χ3v) is 3.92. The maximum Gasteiger partial charge on any atom is 0.257 e. The van der Waals surface area contributed by atoms with Gasteiger partial charge in [-0.1, -0.05) is 19.1 Å². The molecule has 0 spiro atoms. The van der Waals surface area contributed by atoms with E-state index in [0.717, 1.165) is 17.5 Å². The second-order valence-corrected chi connectivity index (χ2v) is 5.82. The van der Waals surface area contributed by atoms with E-state index >= 15 is 0 Å². The molecule has 0 unspecified atom stereocenters. The van der Waals surface area contributed by atoms with E-state index in [9.17, 15) is 9.90 Å². The van der Waals surface area contributed by atoms with E-state index in [1.54, 1.807) is 24.3 Å². The number of phenols is 1. The van der Waals surface area contributed by atoms with Crippen molar-refractivity contribution in [2.75, 3.05) is 5.32 Å². The molecule has 0 aliphatic carbocycles. The fourth-order valence-electron chi connectivity index (χ4n) is 2.12. The maximum atomic E-state index is 12.1. The summed E-state index contributed by atoms with van der Waals surface area (Å²) >= 11 is 5.14. The van der Waals surface area contributed by atoms with E-state index in [2.05, 4.69) is 17.6 Å². The van der Waals surface area contributed by atoms with Gasteiger partial charge >= 0.3 is 0 Å². The first kappa shape index (κ1) is 17.0. The van der Waals surface area contributed by atoms with Crippen LogP contribution in [0.2, 0.25) is 0 Å². The summed E-state index contributed by atoms with van der Waals surface area (Å²) in [4.78, 5) is 12.1. The Balaban J connectivity index is 2.04. The number of aryl methyl sites for hydroxylation is 3. The molecule has 1 amide bonds. The Morgan fingerprint density at radius 3 is 2.35 bits per heavy atom. The van der Waals surface area contributed by atoms with Crippen molar-refractivity contribution in [1.82, 2.24) is 5.32 Å². The standard InChI is InChI=1S/C18H20N2O2S/c1-4-13-5-7-14(8-6-13)17(22)20-18(23)19-15-9-11(2)12(3)10-16(15)21/h5-10,21H,4H2,1-3H3,(H2,19,20,22,23). The number of hydrogen-bond donors (Lipinski definition) is 3. The topological polar surface area (TPSA) is 61.4 Å². The van der Waals surface area contributed by atoms with Gasteiger partial charge in [0.15, 0.2) is 5.11 Å². The molecular formula is C18H20N2O2S. The molecule has 2 aromatic carbocycles. The van der Waals surface area contributed by atoms with Crippen LogP contribution in [0, 0.1) is 13.8 Å². The zero-order chi connectivity index (χ0) is 17.0. The van der Waals surface area contributed by atoms with Gasteiger partial charge in [0.2, 0.25) is 0 Å². The third kappa shape index (κ3) is 4.29. The normalized spacial score (nSPS) is 10.2. The fourth-order valence-corrected chi connectivity index (χ4v) is 2.32. The number of hydrogen-bond acceptors (Lipinski definition) is 3. The van der Waals surface area contributed by atoms with Crippen LogP contribution in [-0.4, -0.2) is 16.1 Å². The highest BCUT2D eigenvalue weighted by Gasteiger charge is 2.10. The number of anilines is 1. The Morgan fingerprint density at radius 2 is 1.74 bits per heavy atom. The molecule has 0 aliphatic rings. The second kappa shape index (κ2) is 7.24. The maximum absolute atomic E-state index is 12.1. The molecule has 0 fully saturated rings. The molecule has 0 saturated heterocycles. The Hall–Kier alpha value is -2.40. The predicted octanol–water partition coefficient (Wildman–Crippen LogP) is 3.70. The van der Waals surface area contributed by atoms with E-state index in [0.29, 0.717) is 11.3 Å². The van der Waals surface area contributed by atoms with Crippen LogP contribution in [-0.2, 0) is 6.42 Å². The first-order chi connectivity index (χ1) is 10.9. The second-order valence-electron chi connectivity index (χ2n) is 5.41. The molecule has 23 heavy (non-hydrogen) atoms. The number of rotatable bonds is 3. The number of thiocarbonyl (C=S) groups is 1. The van der Waals surface area contributed by atoms with Gasteiger partial charge in [-0.2, -0.15) is 0 Å². The molecule has 4 nitrogen and oxygen atoms in total. The average Bonchev–Trinajstić information content (AvgIpc) is 2.52. The van der Waals surface area contributed by atoms with Crippen molar-refractivity contribution in [1.29, 1.82) is 0 Å². The van der Waals surface area contributed by atoms with Gasteiger partial charge in [0.25, 0.3) is 5.91 Å². The van der Waals surface area contributed by atoms with Crippen LogP contribution in [0.15, 0.2) is 36.4 Å². The van der Waals surface area contributed by atoms with Gasteiger partial charge in [-0.3, -0.25) is 10.1 Å². The van der Waals surface area contributed by atoms with Crippen molar-refractivity contribution in [2.24, 2.45) is 0 Å². The molecule has 2 rings (SSSR count). The van der Waals surface area contributed by atoms with Crippen molar-refractivity contribution in [2.45, 2.75) is 27.2 Å². The van der Waals surface area contributed by atoms with Crippen molar-refractivity contribution in [3.05, 3.63) is 58.7 Å². The smallest absolute Gasteiger partial charge is 0.257 e. The molecule has 0 heterocycles. The van der Waals surface area contributed by atoms with Crippen molar-refractivity contribution >= 4 is 28.9 Å². The van der Waals surface area contributed by atoms with Crippen LogP contribution >= 0.6 is 12.2 Å². The van der Waals surface area contributed by atoms with E-state index in [1.165, 1.54) is 5.56 Å². The largest absolute Gasteiger partial charge is 0.506 e. The average molecular weight is 328 g/mol. The summed E-state index contributed by atoms with van der Waals surface area (Å²) in [6, 6.07) is 10.8. The number of nitrogens with one attached hydrogen (secondary N) is 2. The molecule has 0 aliphatic heterocycles. The first-order valence-corrected chi connectivity index (χ1v) is 7.83. The number of carbonyl (C=O) groups is 1. The quantitative estimate of drug-likeness (QED) is 0.594. The third-order valence-electron chi connectivity index (χ3n) is 3.71. The summed E-state index contributed by atoms with van der Waals surface area (Å²) in [5, 5.41) is 15.5. The van der Waals surface area contributed by atoms with Crippen LogP contribution in [0.1, 0.15) is 34.0 Å². The Morgan fingerprint density at radius 1 is 1.13 bits per heavy atom. The van der Waals surface area contributed by atoms with Crippen molar-refractivity contribution < 1.29 is 9.90 Å². The van der Waals surface area contributed by atoms with Gasteiger partial charge in [-0.25, -0.2) is 0 Å². The molecule has 120 valence electrons. The molecule has 3 N–H and O–H groups in total. The van der Waals surface area contributed by atoms with E-state index in [1.807, 2.05) is 26.0 Å². The lowest BCUT2D eigenvalue weighted by Crippen LogP contribution is -2.34. The number of aromatic hydroxyl groups is 1. The molecule has 0 radical (unpaired) electrons. The minimum Gasteiger partial charge on any atom is -0.506 e. The fraction of sp³-hybridized carbons (Fsp3) is 0.222. The molecule has 2 aromatic rings. The summed E-state index contributed by atoms with van der Waals surface area (Å²) < 4.78 is 0. The summed E-state index contributed by atoms with van der Waals surface area (Å²) in [5.74, 6) is -0.189. The number of amides is 1. The van der Waals surface area contributed by atoms with Crippen molar-refractivity contribution in [3.63, 3.8) is 0 Å². The summed E-state index contributed by atoms with van der Waals surface area (Å²) in [6.45, 7) is 5.92. The lowest BCUT2D eigenvalue weighted by atomic mass is 10.1. The monoisotopic (exact) mass is 328 g/mol. The number of carbonyl (C=O) groups excluding carboxylic acids is 1. The van der Waals surface area contributed by atoms with E-state index in [4.69, 9.17) is 12.2 Å². The minimum absolute atomic E-state index is 0.0944. The predicted molar refractivity (Wildman–Crippen MR) is 97.1 cm³/mol. The van der Waals surface area contributed by atoms with Gasteiger partial charge in [-0.15, -0.1) is 0 Å². The van der Waals surface area contributed by atoms with Gasteiger partial charge in [0.1, 0.15) is 5.75 Å². The highest BCUT2D eigenvalue weighted by atomic mass is 32.1. The Kier molecular flexibility index (Phi) is 5.34. The molecule has 5 heteroatoms. The first-order valence-electron chi connectivity index (χ1n) is 7.42. The highest BCUT2D eigenvalue weighted by molar-refractivity contribution is 7.80. The van der Waals surface area contributed by atoms with E-state index in [-0.39, 0.29) is 16.8 Å². The zero-order valence-corrected chi connectivity index (χ0v) is 14.3. The van der Waals surface area contributed by atoms with Gasteiger partial charge in [0, 0.05) is 5.56 Å². The van der Waals surface area contributed by atoms with Crippen LogP contribution in [0.5, 0.6) is 5.75 Å². The molecule has 0 saturated carbocycles. The molecular weight excluding hydrogens is 308 g/mol. The number of benzene rings is 2. The molecule has 0 bridgehead atoms. The van der Waals surface area contributed by atoms with Crippen LogP contribution < -0.4 is 10.6 Å². The van der Waals surface area contributed by atoms with E-state index < -0.39 is 0 Å². The Labute approximate surface area is 141 Å². The minimum atomic E-state index is -0.284. The van der Waals surface area contributed by atoms with Crippen LogP contribution in [0.4, 0.5) is 5.69 Å². The van der Waals surface area contributed by atoms with Gasteiger partial charge in [0.05, 0.1) is 5.69 Å². The summed E-state index contributed by atoms with van der Waals surface area (Å²) in [5.41, 5.74) is 4.19. The number of phenolic OH excluding ortho intramolecular Hbond substituents is 1. The molecule has 0 aromatic heterocycles. The van der Waals surface area contributed by atoms with Crippen LogP contribution in [0.3, 0.4) is 0 Å². The highest BCUT2D eigenvalue weighted by Crippen LogP contribution is 2.26. The van der Waals surface area contributed by atoms with Crippen molar-refractivity contribution in [3.8, 4) is 5.75 Å². The Bertz CT molecular complexity index is 739. The molecule has 0 atom stereocenters. The lowest BCUT2D eigenvalue weighted by Gasteiger charge is -2.13. The van der Waals surface area contributed by atoms with Gasteiger partial charge in [-0.05, 0) is 73.4 Å². The SMILES string of the molecule is CCc1ccc(C(=O)NC(=S)Nc2cc(C)c(C)cc2O)cc1. The lowest BCUT2D eigenvalue weighted by molar-refractivity contribution is 0.0977. The van der Waals surface area contributed by atoms with Gasteiger partial charge < -0.3 is 10.4 Å². The zero-order valence-electron chi connectivity index (χ0n) is 13.4.